The molecular formula is C33H38Cl2N6O4. The van der Waals surface area contributed by atoms with Crippen LogP contribution < -0.4 is 20.1 Å². The first kappa shape index (κ1) is 33.8. The minimum Gasteiger partial charge on any atom is -0.497 e. The number of amides is 2. The van der Waals surface area contributed by atoms with Crippen molar-refractivity contribution in [3.05, 3.63) is 82.2 Å². The van der Waals surface area contributed by atoms with Gasteiger partial charge in [0.25, 0.3) is 0 Å². The number of rotatable bonds is 12. The topological polar surface area (TPSA) is 111 Å². The highest BCUT2D eigenvalue weighted by molar-refractivity contribution is 6.45. The molecule has 0 saturated carbocycles. The van der Waals surface area contributed by atoms with Gasteiger partial charge in [0, 0.05) is 36.6 Å². The van der Waals surface area contributed by atoms with Crippen LogP contribution in [0.2, 0.25) is 10.0 Å². The number of Topliss-reactive ketones (excluding diaryl/α,β-unsaturated/α-hetero) is 1. The fraction of sp³-hybridized carbons (Fsp3) is 0.333. The second-order valence-electron chi connectivity index (χ2n) is 11.8. The number of methoxy groups -OCH3 is 1. The van der Waals surface area contributed by atoms with E-state index in [1.54, 1.807) is 42.3 Å². The van der Waals surface area contributed by atoms with E-state index < -0.39 is 6.03 Å². The van der Waals surface area contributed by atoms with Crippen molar-refractivity contribution in [1.29, 1.82) is 0 Å². The minimum atomic E-state index is -0.536. The van der Waals surface area contributed by atoms with Gasteiger partial charge in [-0.05, 0) is 69.5 Å². The summed E-state index contributed by atoms with van der Waals surface area (Å²) >= 11 is 13.1. The largest absolute Gasteiger partial charge is 0.497 e. The third kappa shape index (κ3) is 9.20. The zero-order valence-electron chi connectivity index (χ0n) is 26.3. The monoisotopic (exact) mass is 652 g/mol. The normalized spacial score (nSPS) is 11.4. The molecule has 0 aliphatic heterocycles. The van der Waals surface area contributed by atoms with Crippen LogP contribution in [0.5, 0.6) is 17.2 Å². The molecule has 45 heavy (non-hydrogen) atoms. The Balaban J connectivity index is 1.45. The number of nitrogens with zero attached hydrogens (tertiary/aromatic N) is 4. The molecule has 0 atom stereocenters. The van der Waals surface area contributed by atoms with Crippen molar-refractivity contribution in [2.24, 2.45) is 0 Å². The van der Waals surface area contributed by atoms with E-state index in [1.807, 2.05) is 70.1 Å². The summed E-state index contributed by atoms with van der Waals surface area (Å²) in [5, 5.41) is 10.6. The highest BCUT2D eigenvalue weighted by Crippen LogP contribution is 2.39. The third-order valence-electron chi connectivity index (χ3n) is 6.79. The second kappa shape index (κ2) is 14.8. The molecule has 2 aromatic heterocycles. The van der Waals surface area contributed by atoms with Crippen molar-refractivity contribution in [2.45, 2.75) is 45.4 Å². The van der Waals surface area contributed by atoms with Gasteiger partial charge in [0.2, 0.25) is 0 Å². The van der Waals surface area contributed by atoms with Crippen LogP contribution in [0.25, 0.3) is 5.69 Å². The first-order chi connectivity index (χ1) is 21.3. The van der Waals surface area contributed by atoms with E-state index >= 15 is 0 Å². The summed E-state index contributed by atoms with van der Waals surface area (Å²) in [5.74, 6) is 2.03. The number of anilines is 2. The molecule has 12 heteroatoms. The number of ketones is 1. The average Bonchev–Trinajstić information content (AvgIpc) is 3.41. The van der Waals surface area contributed by atoms with Gasteiger partial charge in [-0.15, -0.1) is 0 Å². The lowest BCUT2D eigenvalue weighted by Gasteiger charge is -2.14. The lowest BCUT2D eigenvalue weighted by atomic mass is 9.92. The predicted molar refractivity (Wildman–Crippen MR) is 179 cm³/mol. The molecule has 0 unspecified atom stereocenters. The molecule has 0 fully saturated rings. The van der Waals surface area contributed by atoms with Gasteiger partial charge in [-0.3, -0.25) is 15.1 Å². The van der Waals surface area contributed by atoms with Crippen LogP contribution in [0.1, 0.15) is 45.0 Å². The van der Waals surface area contributed by atoms with Crippen LogP contribution in [-0.2, 0) is 16.6 Å². The Labute approximate surface area is 273 Å². The molecule has 10 nitrogen and oxygen atoms in total. The summed E-state index contributed by atoms with van der Waals surface area (Å²) in [6.07, 6.45) is 3.07. The predicted octanol–water partition coefficient (Wildman–Crippen LogP) is 7.77. The average molecular weight is 654 g/mol. The SMILES string of the molecule is COc1ccc(-n2nc(C(C)(C)C)cc2NC(=O)Nc2ccc(Oc3ccnc(CC(=O)CCCN(C)C)c3)c(Cl)c2Cl)cc1. The van der Waals surface area contributed by atoms with Crippen LogP contribution in [0.4, 0.5) is 16.3 Å². The molecule has 2 N–H and O–H groups in total. The summed E-state index contributed by atoms with van der Waals surface area (Å²) in [5.41, 5.74) is 2.18. The maximum Gasteiger partial charge on any atom is 0.324 e. The Hall–Kier alpha value is -4.12. The van der Waals surface area contributed by atoms with E-state index in [1.165, 1.54) is 0 Å². The lowest BCUT2D eigenvalue weighted by molar-refractivity contribution is -0.118. The molecule has 0 aliphatic carbocycles. The molecule has 2 aromatic carbocycles. The smallest absolute Gasteiger partial charge is 0.324 e. The van der Waals surface area contributed by atoms with Gasteiger partial charge < -0.3 is 19.7 Å². The van der Waals surface area contributed by atoms with Gasteiger partial charge in [-0.1, -0.05) is 44.0 Å². The van der Waals surface area contributed by atoms with Crippen molar-refractivity contribution in [1.82, 2.24) is 19.7 Å². The van der Waals surface area contributed by atoms with Crippen LogP contribution in [0.15, 0.2) is 60.8 Å². The number of urea groups is 1. The molecule has 238 valence electrons. The van der Waals surface area contributed by atoms with Crippen molar-refractivity contribution in [2.75, 3.05) is 38.4 Å². The van der Waals surface area contributed by atoms with Gasteiger partial charge in [0.1, 0.15) is 33.9 Å². The quantitative estimate of drug-likeness (QED) is 0.161. The molecule has 0 spiro atoms. The summed E-state index contributed by atoms with van der Waals surface area (Å²) < 4.78 is 12.9. The number of nitrogens with one attached hydrogen (secondary N) is 2. The molecular weight excluding hydrogens is 615 g/mol. The Kier molecular flexibility index (Phi) is 11.1. The standard InChI is InChI=1S/C33H38Cl2N6O4/c1-33(2,3)28-20-29(41(39-28)22-9-11-24(44-6)12-10-22)38-32(43)37-26-13-14-27(31(35)30(26)34)45-25-15-16-36-21(19-25)18-23(42)8-7-17-40(4)5/h9-16,19-20H,7-8,17-18H2,1-6H3,(H2,37,38,43). The van der Waals surface area contributed by atoms with E-state index in [4.69, 9.17) is 37.8 Å². The number of pyridine rings is 1. The summed E-state index contributed by atoms with van der Waals surface area (Å²) in [7, 11) is 5.55. The van der Waals surface area contributed by atoms with E-state index in [9.17, 15) is 9.59 Å². The fourth-order valence-electron chi connectivity index (χ4n) is 4.36. The molecule has 4 aromatic rings. The van der Waals surface area contributed by atoms with Gasteiger partial charge >= 0.3 is 6.03 Å². The number of benzene rings is 2. The van der Waals surface area contributed by atoms with Crippen molar-refractivity contribution >= 4 is 46.5 Å². The van der Waals surface area contributed by atoms with Crippen molar-refractivity contribution < 1.29 is 19.1 Å². The molecule has 2 amide bonds. The Morgan fingerprint density at radius 2 is 1.69 bits per heavy atom. The zero-order chi connectivity index (χ0) is 32.7. The van der Waals surface area contributed by atoms with Crippen molar-refractivity contribution in [3.8, 4) is 22.9 Å². The van der Waals surface area contributed by atoms with E-state index in [0.29, 0.717) is 29.4 Å². The van der Waals surface area contributed by atoms with Crippen LogP contribution in [0.3, 0.4) is 0 Å². The maximum absolute atomic E-state index is 13.1. The van der Waals surface area contributed by atoms with Crippen LogP contribution in [0, 0.1) is 0 Å². The lowest BCUT2D eigenvalue weighted by Crippen LogP contribution is -2.21. The zero-order valence-corrected chi connectivity index (χ0v) is 27.8. The number of carbonyl (C=O) groups is 2. The third-order valence-corrected chi connectivity index (χ3v) is 7.65. The Morgan fingerprint density at radius 1 is 0.956 bits per heavy atom. The first-order valence-corrected chi connectivity index (χ1v) is 15.2. The van der Waals surface area contributed by atoms with E-state index in [0.717, 1.165) is 24.3 Å². The summed E-state index contributed by atoms with van der Waals surface area (Å²) in [4.78, 5) is 31.9. The maximum atomic E-state index is 13.1. The van der Waals surface area contributed by atoms with Crippen molar-refractivity contribution in [3.63, 3.8) is 0 Å². The number of hydrogen-bond acceptors (Lipinski definition) is 7. The van der Waals surface area contributed by atoms with Crippen LogP contribution >= 0.6 is 23.2 Å². The molecule has 0 aliphatic rings. The minimum absolute atomic E-state index is 0.105. The highest BCUT2D eigenvalue weighted by Gasteiger charge is 2.22. The van der Waals surface area contributed by atoms with Gasteiger partial charge in [-0.2, -0.15) is 5.10 Å². The van der Waals surface area contributed by atoms with Gasteiger partial charge in [0.05, 0.1) is 34.9 Å². The Morgan fingerprint density at radius 3 is 2.36 bits per heavy atom. The number of hydrogen-bond donors (Lipinski definition) is 2. The second-order valence-corrected chi connectivity index (χ2v) is 12.6. The van der Waals surface area contributed by atoms with Gasteiger partial charge in [-0.25, -0.2) is 9.48 Å². The number of carbonyl (C=O) groups excluding carboxylic acids is 2. The van der Waals surface area contributed by atoms with E-state index in [2.05, 4.69) is 15.6 Å². The fourth-order valence-corrected chi connectivity index (χ4v) is 4.77. The number of aromatic nitrogens is 3. The molecule has 0 radical (unpaired) electrons. The van der Waals surface area contributed by atoms with Gasteiger partial charge in [0.15, 0.2) is 0 Å². The highest BCUT2D eigenvalue weighted by atomic mass is 35.5. The van der Waals surface area contributed by atoms with E-state index in [-0.39, 0.29) is 39.1 Å². The number of ether oxygens (including phenoxy) is 2. The molecule has 0 bridgehead atoms. The van der Waals surface area contributed by atoms with Crippen LogP contribution in [-0.4, -0.2) is 59.2 Å². The molecule has 4 rings (SSSR count). The molecule has 2 heterocycles. The molecule has 0 saturated heterocycles. The Bertz CT molecular complexity index is 1650. The number of halogens is 2. The first-order valence-electron chi connectivity index (χ1n) is 14.4. The summed E-state index contributed by atoms with van der Waals surface area (Å²) in [6, 6.07) is 15.2. The summed E-state index contributed by atoms with van der Waals surface area (Å²) in [6.45, 7) is 6.98.